The SMILES string of the molecule is Nc1nonc1-n1nnc(C(=O)NN=Cc2ccc(C(F)(F)F)cc2)c1CSc1ccccc1. The summed E-state index contributed by atoms with van der Waals surface area (Å²) >= 11 is 1.42. The van der Waals surface area contributed by atoms with Gasteiger partial charge in [-0.25, -0.2) is 10.1 Å². The molecule has 0 bridgehead atoms. The van der Waals surface area contributed by atoms with Gasteiger partial charge in [-0.15, -0.1) is 16.9 Å². The number of aromatic nitrogens is 5. The number of hydrogen-bond donors (Lipinski definition) is 2. The lowest BCUT2D eigenvalue weighted by molar-refractivity contribution is -0.137. The molecule has 4 rings (SSSR count). The first-order valence-corrected chi connectivity index (χ1v) is 10.5. The molecule has 0 aliphatic heterocycles. The van der Waals surface area contributed by atoms with Gasteiger partial charge in [-0.2, -0.15) is 23.0 Å². The molecule has 0 fully saturated rings. The maximum atomic E-state index is 12.7. The predicted molar refractivity (Wildman–Crippen MR) is 116 cm³/mol. The standard InChI is InChI=1S/C20H15F3N8O2S/c21-20(22,23)13-8-6-12(7-9-13)10-25-27-19(32)16-15(11-34-14-4-2-1-3-5-14)31(30-26-16)18-17(24)28-33-29-18/h1-10H,11H2,(H2,24,28)(H,27,32). The van der Waals surface area contributed by atoms with Crippen molar-refractivity contribution < 1.29 is 22.6 Å². The third kappa shape index (κ3) is 5.23. The van der Waals surface area contributed by atoms with Crippen LogP contribution in [0.3, 0.4) is 0 Å². The number of nitrogens with zero attached hydrogens (tertiary/aromatic N) is 6. The van der Waals surface area contributed by atoms with E-state index in [0.717, 1.165) is 17.0 Å². The molecule has 174 valence electrons. The van der Waals surface area contributed by atoms with E-state index in [9.17, 15) is 18.0 Å². The van der Waals surface area contributed by atoms with Crippen LogP contribution in [0.2, 0.25) is 0 Å². The van der Waals surface area contributed by atoms with Crippen LogP contribution in [0.15, 0.2) is 69.2 Å². The second kappa shape index (κ2) is 9.74. The number of carbonyl (C=O) groups is 1. The number of nitrogens with two attached hydrogens (primary N) is 1. The summed E-state index contributed by atoms with van der Waals surface area (Å²) in [5.74, 6) is -0.381. The first kappa shape index (κ1) is 23.0. The molecule has 2 heterocycles. The lowest BCUT2D eigenvalue weighted by atomic mass is 10.1. The van der Waals surface area contributed by atoms with Crippen LogP contribution in [-0.4, -0.2) is 37.4 Å². The number of halogens is 3. The van der Waals surface area contributed by atoms with Crippen LogP contribution in [0.1, 0.15) is 27.3 Å². The van der Waals surface area contributed by atoms with Gasteiger partial charge in [-0.05, 0) is 40.1 Å². The Kier molecular flexibility index (Phi) is 6.58. The molecule has 0 radical (unpaired) electrons. The molecule has 10 nitrogen and oxygen atoms in total. The summed E-state index contributed by atoms with van der Waals surface area (Å²) in [5, 5.41) is 18.9. The number of nitrogens with one attached hydrogen (secondary N) is 1. The molecule has 0 spiro atoms. The highest BCUT2D eigenvalue weighted by Crippen LogP contribution is 2.29. The number of rotatable bonds is 7. The van der Waals surface area contributed by atoms with E-state index >= 15 is 0 Å². The second-order valence-corrected chi connectivity index (χ2v) is 7.74. The van der Waals surface area contributed by atoms with Crippen LogP contribution >= 0.6 is 11.8 Å². The number of thioether (sulfide) groups is 1. The predicted octanol–water partition coefficient (Wildman–Crippen LogP) is 3.31. The largest absolute Gasteiger partial charge is 0.416 e. The Morgan fingerprint density at radius 1 is 1.15 bits per heavy atom. The molecule has 0 saturated heterocycles. The lowest BCUT2D eigenvalue weighted by Crippen LogP contribution is -2.20. The number of hydrazone groups is 1. The zero-order valence-electron chi connectivity index (χ0n) is 17.1. The molecule has 14 heteroatoms. The molecule has 1 amide bonds. The van der Waals surface area contributed by atoms with Crippen molar-refractivity contribution in [2.45, 2.75) is 16.8 Å². The summed E-state index contributed by atoms with van der Waals surface area (Å²) < 4.78 is 43.9. The highest BCUT2D eigenvalue weighted by Gasteiger charge is 2.30. The number of amides is 1. The van der Waals surface area contributed by atoms with Crippen molar-refractivity contribution in [1.29, 1.82) is 0 Å². The van der Waals surface area contributed by atoms with Crippen LogP contribution in [0.25, 0.3) is 5.82 Å². The zero-order valence-corrected chi connectivity index (χ0v) is 17.9. The number of anilines is 1. The number of hydrogen-bond acceptors (Lipinski definition) is 9. The minimum absolute atomic E-state index is 0.0388. The summed E-state index contributed by atoms with van der Waals surface area (Å²) in [6.45, 7) is 0. The Labute approximate surface area is 194 Å². The second-order valence-electron chi connectivity index (χ2n) is 6.69. The van der Waals surface area contributed by atoms with Gasteiger partial charge in [0.1, 0.15) is 0 Å². The van der Waals surface area contributed by atoms with E-state index < -0.39 is 17.6 Å². The van der Waals surface area contributed by atoms with Crippen molar-refractivity contribution in [3.63, 3.8) is 0 Å². The van der Waals surface area contributed by atoms with Gasteiger partial charge < -0.3 is 5.73 Å². The molecule has 2 aromatic carbocycles. The van der Waals surface area contributed by atoms with Crippen LogP contribution in [0, 0.1) is 0 Å². The smallest absolute Gasteiger partial charge is 0.378 e. The topological polar surface area (TPSA) is 137 Å². The first-order valence-electron chi connectivity index (χ1n) is 9.54. The van der Waals surface area contributed by atoms with Gasteiger partial charge in [0, 0.05) is 10.6 Å². The summed E-state index contributed by atoms with van der Waals surface area (Å²) in [6.07, 6.45) is -3.23. The molecule has 34 heavy (non-hydrogen) atoms. The fraction of sp³-hybridized carbons (Fsp3) is 0.100. The third-order valence-electron chi connectivity index (χ3n) is 4.41. The third-order valence-corrected chi connectivity index (χ3v) is 5.43. The van der Waals surface area contributed by atoms with Crippen molar-refractivity contribution in [2.75, 3.05) is 5.73 Å². The molecule has 0 aliphatic rings. The summed E-state index contributed by atoms with van der Waals surface area (Å²) in [4.78, 5) is 13.7. The number of alkyl halides is 3. The monoisotopic (exact) mass is 488 g/mol. The average Bonchev–Trinajstić information content (AvgIpc) is 3.43. The molecule has 0 unspecified atom stereocenters. The van der Waals surface area contributed by atoms with E-state index in [2.05, 4.69) is 35.8 Å². The fourth-order valence-electron chi connectivity index (χ4n) is 2.76. The quantitative estimate of drug-likeness (QED) is 0.230. The van der Waals surface area contributed by atoms with Gasteiger partial charge in [-0.3, -0.25) is 4.79 Å². The zero-order chi connectivity index (χ0) is 24.1. The normalized spacial score (nSPS) is 11.7. The summed E-state index contributed by atoms with van der Waals surface area (Å²) in [5.41, 5.74) is 7.94. The van der Waals surface area contributed by atoms with E-state index in [-0.39, 0.29) is 23.1 Å². The van der Waals surface area contributed by atoms with Crippen molar-refractivity contribution in [3.8, 4) is 5.82 Å². The first-order chi connectivity index (χ1) is 16.3. The molecule has 0 aliphatic carbocycles. The van der Waals surface area contributed by atoms with Crippen molar-refractivity contribution >= 4 is 29.7 Å². The van der Waals surface area contributed by atoms with Crippen LogP contribution in [-0.2, 0) is 11.9 Å². The number of nitrogen functional groups attached to an aromatic ring is 1. The van der Waals surface area contributed by atoms with E-state index in [1.807, 2.05) is 30.3 Å². The van der Waals surface area contributed by atoms with Gasteiger partial charge in [-0.1, -0.05) is 35.5 Å². The average molecular weight is 488 g/mol. The van der Waals surface area contributed by atoms with Crippen LogP contribution < -0.4 is 11.2 Å². The van der Waals surface area contributed by atoms with Gasteiger partial charge in [0.15, 0.2) is 5.69 Å². The Bertz CT molecular complexity index is 1300. The van der Waals surface area contributed by atoms with Gasteiger partial charge in [0.05, 0.1) is 17.5 Å². The van der Waals surface area contributed by atoms with E-state index in [4.69, 9.17) is 5.73 Å². The van der Waals surface area contributed by atoms with E-state index in [1.54, 1.807) is 0 Å². The number of carbonyl (C=O) groups excluding carboxylic acids is 1. The fourth-order valence-corrected chi connectivity index (χ4v) is 3.67. The molecule has 0 saturated carbocycles. The number of benzene rings is 2. The summed E-state index contributed by atoms with van der Waals surface area (Å²) in [7, 11) is 0. The van der Waals surface area contributed by atoms with Crippen LogP contribution in [0.4, 0.5) is 19.0 Å². The minimum Gasteiger partial charge on any atom is -0.378 e. The molecular weight excluding hydrogens is 473 g/mol. The maximum absolute atomic E-state index is 12.7. The van der Waals surface area contributed by atoms with Gasteiger partial charge in [0.25, 0.3) is 5.91 Å². The highest BCUT2D eigenvalue weighted by atomic mass is 32.2. The Morgan fingerprint density at radius 2 is 1.88 bits per heavy atom. The van der Waals surface area contributed by atoms with E-state index in [0.29, 0.717) is 11.3 Å². The molecule has 4 aromatic rings. The van der Waals surface area contributed by atoms with Crippen molar-refractivity contribution in [3.05, 3.63) is 77.1 Å². The van der Waals surface area contributed by atoms with Crippen molar-refractivity contribution in [1.82, 2.24) is 30.7 Å². The Hall–Kier alpha value is -4.20. The highest BCUT2D eigenvalue weighted by molar-refractivity contribution is 7.98. The molecule has 3 N–H and O–H groups in total. The maximum Gasteiger partial charge on any atom is 0.416 e. The van der Waals surface area contributed by atoms with Gasteiger partial charge in [0.2, 0.25) is 11.6 Å². The lowest BCUT2D eigenvalue weighted by Gasteiger charge is -2.06. The van der Waals surface area contributed by atoms with Crippen LogP contribution in [0.5, 0.6) is 0 Å². The molecular formula is C20H15F3N8O2S. The minimum atomic E-state index is -4.44. The molecule has 2 aromatic heterocycles. The Morgan fingerprint density at radius 3 is 2.53 bits per heavy atom. The summed E-state index contributed by atoms with van der Waals surface area (Å²) in [6, 6.07) is 13.7. The Balaban J connectivity index is 1.53. The molecule has 0 atom stereocenters. The van der Waals surface area contributed by atoms with Crippen molar-refractivity contribution in [2.24, 2.45) is 5.10 Å². The van der Waals surface area contributed by atoms with Gasteiger partial charge >= 0.3 is 6.18 Å². The van der Waals surface area contributed by atoms with E-state index in [1.165, 1.54) is 34.8 Å².